The average Bonchev–Trinajstić information content (AvgIpc) is 2.66. The molecular formula is C11H6ClFO2. The molecule has 15 heavy (non-hydrogen) atoms. The molecule has 2 nitrogen and oxygen atoms in total. The molecule has 0 saturated carbocycles. The molecule has 0 unspecified atom stereocenters. The van der Waals surface area contributed by atoms with Crippen molar-refractivity contribution >= 4 is 16.8 Å². The molecule has 0 bridgehead atoms. The largest absolute Gasteiger partial charge is 0.452 e. The van der Waals surface area contributed by atoms with E-state index < -0.39 is 5.24 Å². The second-order valence-corrected chi connectivity index (χ2v) is 3.29. The molecule has 4 heteroatoms. The average molecular weight is 225 g/mol. The van der Waals surface area contributed by atoms with Gasteiger partial charge in [-0.1, -0.05) is 12.1 Å². The van der Waals surface area contributed by atoms with Crippen LogP contribution in [0.3, 0.4) is 0 Å². The lowest BCUT2D eigenvalue weighted by Crippen LogP contribution is -1.82. The highest BCUT2D eigenvalue weighted by Gasteiger charge is 2.09. The smallest absolute Gasteiger partial charge is 0.287 e. The van der Waals surface area contributed by atoms with Gasteiger partial charge in [-0.2, -0.15) is 0 Å². The Bertz CT molecular complexity index is 505. The van der Waals surface area contributed by atoms with E-state index in [1.807, 2.05) is 0 Å². The van der Waals surface area contributed by atoms with E-state index in [1.165, 1.54) is 18.2 Å². The third-order valence-electron chi connectivity index (χ3n) is 1.91. The van der Waals surface area contributed by atoms with E-state index >= 15 is 0 Å². The molecule has 0 aliphatic rings. The minimum Gasteiger partial charge on any atom is -0.452 e. The van der Waals surface area contributed by atoms with E-state index in [9.17, 15) is 9.18 Å². The summed E-state index contributed by atoms with van der Waals surface area (Å²) in [6.07, 6.45) is 0. The van der Waals surface area contributed by atoms with Crippen molar-refractivity contribution in [2.24, 2.45) is 0 Å². The number of carbonyl (C=O) groups is 1. The third-order valence-corrected chi connectivity index (χ3v) is 2.10. The normalized spacial score (nSPS) is 10.3. The van der Waals surface area contributed by atoms with Crippen LogP contribution in [0, 0.1) is 5.82 Å². The molecule has 2 aromatic rings. The first-order valence-corrected chi connectivity index (χ1v) is 4.60. The molecule has 2 rings (SSSR count). The minimum atomic E-state index is -0.669. The molecule has 0 radical (unpaired) electrons. The predicted octanol–water partition coefficient (Wildman–Crippen LogP) is 3.46. The van der Waals surface area contributed by atoms with Crippen LogP contribution in [0.2, 0.25) is 0 Å². The summed E-state index contributed by atoms with van der Waals surface area (Å²) in [5, 5.41) is -0.669. The van der Waals surface area contributed by atoms with Crippen LogP contribution < -0.4 is 0 Å². The summed E-state index contributed by atoms with van der Waals surface area (Å²) in [7, 11) is 0. The Labute approximate surface area is 90.3 Å². The number of hydrogen-bond donors (Lipinski definition) is 0. The molecule has 0 fully saturated rings. The molecule has 0 N–H and O–H groups in total. The minimum absolute atomic E-state index is 0.0518. The second kappa shape index (κ2) is 3.87. The zero-order valence-corrected chi connectivity index (χ0v) is 8.29. The van der Waals surface area contributed by atoms with Crippen LogP contribution in [0.4, 0.5) is 4.39 Å². The van der Waals surface area contributed by atoms with Gasteiger partial charge in [-0.25, -0.2) is 4.39 Å². The van der Waals surface area contributed by atoms with Crippen LogP contribution in [0.15, 0.2) is 40.8 Å². The highest BCUT2D eigenvalue weighted by atomic mass is 35.5. The zero-order valence-electron chi connectivity index (χ0n) is 7.54. The Morgan fingerprint density at radius 1 is 1.27 bits per heavy atom. The van der Waals surface area contributed by atoms with Crippen molar-refractivity contribution in [2.45, 2.75) is 0 Å². The molecule has 0 saturated heterocycles. The SMILES string of the molecule is O=C(Cl)c1ccc(-c2cccc(F)c2)o1. The van der Waals surface area contributed by atoms with Gasteiger partial charge in [0.25, 0.3) is 5.24 Å². The molecular weight excluding hydrogens is 219 g/mol. The monoisotopic (exact) mass is 224 g/mol. The fraction of sp³-hybridized carbons (Fsp3) is 0. The van der Waals surface area contributed by atoms with Crippen molar-refractivity contribution in [1.29, 1.82) is 0 Å². The molecule has 0 spiro atoms. The van der Waals surface area contributed by atoms with Gasteiger partial charge in [0.05, 0.1) is 0 Å². The second-order valence-electron chi connectivity index (χ2n) is 2.95. The predicted molar refractivity (Wildman–Crippen MR) is 54.3 cm³/mol. The van der Waals surface area contributed by atoms with E-state index in [2.05, 4.69) is 0 Å². The van der Waals surface area contributed by atoms with E-state index in [0.29, 0.717) is 11.3 Å². The van der Waals surface area contributed by atoms with Crippen LogP contribution in [-0.2, 0) is 0 Å². The maximum Gasteiger partial charge on any atom is 0.287 e. The topological polar surface area (TPSA) is 30.2 Å². The molecule has 0 aliphatic carbocycles. The molecule has 0 atom stereocenters. The van der Waals surface area contributed by atoms with E-state index in [0.717, 1.165) is 0 Å². The van der Waals surface area contributed by atoms with Gasteiger partial charge in [-0.05, 0) is 35.9 Å². The Morgan fingerprint density at radius 3 is 2.67 bits per heavy atom. The molecule has 76 valence electrons. The fourth-order valence-corrected chi connectivity index (χ4v) is 1.34. The van der Waals surface area contributed by atoms with Gasteiger partial charge in [0.15, 0.2) is 5.76 Å². The first-order valence-electron chi connectivity index (χ1n) is 4.22. The van der Waals surface area contributed by atoms with Gasteiger partial charge in [-0.15, -0.1) is 0 Å². The van der Waals surface area contributed by atoms with Gasteiger partial charge >= 0.3 is 0 Å². The Balaban J connectivity index is 2.41. The Morgan fingerprint density at radius 2 is 2.07 bits per heavy atom. The van der Waals surface area contributed by atoms with Crippen LogP contribution in [-0.4, -0.2) is 5.24 Å². The van der Waals surface area contributed by atoms with E-state index in [1.54, 1.807) is 18.2 Å². The van der Waals surface area contributed by atoms with Crippen LogP contribution >= 0.6 is 11.6 Å². The number of carbonyl (C=O) groups excluding carboxylic acids is 1. The number of benzene rings is 1. The number of hydrogen-bond acceptors (Lipinski definition) is 2. The summed E-state index contributed by atoms with van der Waals surface area (Å²) in [4.78, 5) is 10.8. The first kappa shape index (κ1) is 9.93. The van der Waals surface area contributed by atoms with Gasteiger partial charge < -0.3 is 4.42 Å². The molecule has 1 heterocycles. The van der Waals surface area contributed by atoms with Crippen molar-refractivity contribution in [3.63, 3.8) is 0 Å². The van der Waals surface area contributed by atoms with Crippen molar-refractivity contribution in [3.05, 3.63) is 48.0 Å². The lowest BCUT2D eigenvalue weighted by Gasteiger charge is -1.95. The third kappa shape index (κ3) is 2.07. The molecule has 0 aliphatic heterocycles. The van der Waals surface area contributed by atoms with Crippen LogP contribution in [0.1, 0.15) is 10.6 Å². The van der Waals surface area contributed by atoms with Gasteiger partial charge in [0.2, 0.25) is 0 Å². The first-order chi connectivity index (χ1) is 7.16. The van der Waals surface area contributed by atoms with Gasteiger partial charge in [-0.3, -0.25) is 4.79 Å². The summed E-state index contributed by atoms with van der Waals surface area (Å²) < 4.78 is 18.0. The fourth-order valence-electron chi connectivity index (χ4n) is 1.24. The maximum absolute atomic E-state index is 12.9. The lowest BCUT2D eigenvalue weighted by atomic mass is 10.2. The Hall–Kier alpha value is -1.61. The quantitative estimate of drug-likeness (QED) is 0.732. The van der Waals surface area contributed by atoms with Crippen molar-refractivity contribution < 1.29 is 13.6 Å². The molecule has 1 aromatic heterocycles. The summed E-state index contributed by atoms with van der Waals surface area (Å²) in [6, 6.07) is 8.93. The summed E-state index contributed by atoms with van der Waals surface area (Å²) in [6.45, 7) is 0. The summed E-state index contributed by atoms with van der Waals surface area (Å²) in [5.74, 6) is 0.108. The zero-order chi connectivity index (χ0) is 10.8. The van der Waals surface area contributed by atoms with Crippen LogP contribution in [0.5, 0.6) is 0 Å². The van der Waals surface area contributed by atoms with E-state index in [4.69, 9.17) is 16.0 Å². The van der Waals surface area contributed by atoms with Gasteiger partial charge in [0, 0.05) is 5.56 Å². The number of halogens is 2. The standard InChI is InChI=1S/C11H6ClFO2/c12-11(14)10-5-4-9(15-10)7-2-1-3-8(13)6-7/h1-6H. The maximum atomic E-state index is 12.9. The van der Waals surface area contributed by atoms with Gasteiger partial charge in [0.1, 0.15) is 11.6 Å². The van der Waals surface area contributed by atoms with E-state index in [-0.39, 0.29) is 11.6 Å². The summed E-state index contributed by atoms with van der Waals surface area (Å²) in [5.41, 5.74) is 0.569. The summed E-state index contributed by atoms with van der Waals surface area (Å²) >= 11 is 5.23. The van der Waals surface area contributed by atoms with Crippen molar-refractivity contribution in [1.82, 2.24) is 0 Å². The number of rotatable bonds is 2. The molecule has 0 amide bonds. The Kier molecular flexibility index (Phi) is 2.56. The highest BCUT2D eigenvalue weighted by Crippen LogP contribution is 2.23. The highest BCUT2D eigenvalue weighted by molar-refractivity contribution is 6.67. The van der Waals surface area contributed by atoms with Crippen molar-refractivity contribution in [3.8, 4) is 11.3 Å². The lowest BCUT2D eigenvalue weighted by molar-refractivity contribution is 0.105. The molecule has 1 aromatic carbocycles. The number of furan rings is 1. The van der Waals surface area contributed by atoms with Crippen LogP contribution in [0.25, 0.3) is 11.3 Å². The van der Waals surface area contributed by atoms with Crippen molar-refractivity contribution in [2.75, 3.05) is 0 Å².